The van der Waals surface area contributed by atoms with Gasteiger partial charge in [0.1, 0.15) is 11.4 Å². The number of carboxylic acid groups (broad SMARTS) is 1. The number of rotatable bonds is 3. The third kappa shape index (κ3) is 3.91. The van der Waals surface area contributed by atoms with Crippen molar-refractivity contribution in [2.75, 3.05) is 13.2 Å². The predicted octanol–water partition coefficient (Wildman–Crippen LogP) is 4.23. The highest BCUT2D eigenvalue weighted by atomic mass is 19.1. The number of ether oxygens (including phenoxy) is 1. The zero-order chi connectivity index (χ0) is 15.2. The van der Waals surface area contributed by atoms with Crippen molar-refractivity contribution in [1.82, 2.24) is 0 Å². The van der Waals surface area contributed by atoms with E-state index in [0.717, 1.165) is 37.9 Å². The smallest absolute Gasteiger partial charge is 0.339 e. The Kier molecular flexibility index (Phi) is 5.51. The molecular formula is C17H21FO3. The predicted molar refractivity (Wildman–Crippen MR) is 80.1 cm³/mol. The fraction of sp³-hybridized carbons (Fsp3) is 0.471. The Morgan fingerprint density at radius 3 is 2.86 bits per heavy atom. The summed E-state index contributed by atoms with van der Waals surface area (Å²) >= 11 is 0. The first kappa shape index (κ1) is 15.7. The van der Waals surface area contributed by atoms with E-state index in [1.807, 2.05) is 0 Å². The Morgan fingerprint density at radius 1 is 1.33 bits per heavy atom. The number of hydrogen-bond donors (Lipinski definition) is 1. The lowest BCUT2D eigenvalue weighted by atomic mass is 9.88. The van der Waals surface area contributed by atoms with Gasteiger partial charge in [-0.15, -0.1) is 0 Å². The van der Waals surface area contributed by atoms with Crippen molar-refractivity contribution in [3.05, 3.63) is 40.7 Å². The molecule has 1 unspecified atom stereocenters. The molecule has 0 saturated carbocycles. The zero-order valence-electron chi connectivity index (χ0n) is 12.3. The van der Waals surface area contributed by atoms with Crippen LogP contribution in [0.2, 0.25) is 0 Å². The molecule has 1 aromatic rings. The van der Waals surface area contributed by atoms with Gasteiger partial charge in [-0.2, -0.15) is 0 Å². The van der Waals surface area contributed by atoms with Crippen LogP contribution in [0.4, 0.5) is 4.39 Å². The molecule has 21 heavy (non-hydrogen) atoms. The van der Waals surface area contributed by atoms with E-state index in [1.54, 1.807) is 25.1 Å². The lowest BCUT2D eigenvalue weighted by Crippen LogP contribution is -2.11. The molecule has 3 nitrogen and oxygen atoms in total. The molecule has 4 heteroatoms. The number of carboxylic acids is 1. The summed E-state index contributed by atoms with van der Waals surface area (Å²) in [6.07, 6.45) is 7.28. The number of halogens is 1. The maximum atomic E-state index is 14.2. The van der Waals surface area contributed by atoms with Gasteiger partial charge in [0.2, 0.25) is 0 Å². The van der Waals surface area contributed by atoms with Crippen LogP contribution in [-0.4, -0.2) is 24.3 Å². The average molecular weight is 292 g/mol. The number of allylic oxidation sites excluding steroid dienone is 1. The highest BCUT2D eigenvalue weighted by Gasteiger charge is 2.20. The fourth-order valence-corrected chi connectivity index (χ4v) is 2.82. The topological polar surface area (TPSA) is 46.5 Å². The van der Waals surface area contributed by atoms with Gasteiger partial charge in [-0.05, 0) is 49.3 Å². The molecule has 1 aliphatic rings. The van der Waals surface area contributed by atoms with Gasteiger partial charge in [0, 0.05) is 13.2 Å². The summed E-state index contributed by atoms with van der Waals surface area (Å²) in [4.78, 5) is 11.2. The molecule has 2 rings (SSSR count). The van der Waals surface area contributed by atoms with E-state index >= 15 is 0 Å². The molecule has 0 bridgehead atoms. The SMILES string of the molecule is C/C=C/c1cc(C2CCCCOCC2)cc(F)c1C(=O)O. The van der Waals surface area contributed by atoms with Crippen LogP contribution in [0.15, 0.2) is 18.2 Å². The molecule has 0 aliphatic carbocycles. The van der Waals surface area contributed by atoms with Gasteiger partial charge in [-0.3, -0.25) is 0 Å². The summed E-state index contributed by atoms with van der Waals surface area (Å²) in [5.41, 5.74) is 1.05. The molecule has 0 radical (unpaired) electrons. The number of benzene rings is 1. The Balaban J connectivity index is 2.37. The second kappa shape index (κ2) is 7.36. The minimum atomic E-state index is -1.23. The molecule has 1 atom stereocenters. The molecule has 1 fully saturated rings. The number of aromatic carboxylic acids is 1. The standard InChI is InChI=1S/C17H21FO3/c1-2-5-13-10-14(11-15(18)16(13)17(19)20)12-6-3-4-8-21-9-7-12/h2,5,10-12H,3-4,6-9H2,1H3,(H,19,20)/b5-2+. The second-order valence-corrected chi connectivity index (χ2v) is 5.37. The molecule has 1 saturated heterocycles. The van der Waals surface area contributed by atoms with Gasteiger partial charge in [0.15, 0.2) is 0 Å². The van der Waals surface area contributed by atoms with E-state index in [-0.39, 0.29) is 11.5 Å². The molecule has 1 N–H and O–H groups in total. The molecule has 0 amide bonds. The second-order valence-electron chi connectivity index (χ2n) is 5.37. The van der Waals surface area contributed by atoms with Crippen LogP contribution in [-0.2, 0) is 4.74 Å². The van der Waals surface area contributed by atoms with Gasteiger partial charge in [-0.25, -0.2) is 9.18 Å². The maximum absolute atomic E-state index is 14.2. The Labute approximate surface area is 124 Å². The molecule has 1 aromatic carbocycles. The number of carbonyl (C=O) groups is 1. The van der Waals surface area contributed by atoms with E-state index in [0.29, 0.717) is 12.2 Å². The summed E-state index contributed by atoms with van der Waals surface area (Å²) < 4.78 is 19.7. The summed E-state index contributed by atoms with van der Waals surface area (Å²) in [7, 11) is 0. The van der Waals surface area contributed by atoms with Crippen molar-refractivity contribution in [3.8, 4) is 0 Å². The lowest BCUT2D eigenvalue weighted by molar-refractivity contribution is 0.0691. The van der Waals surface area contributed by atoms with Crippen molar-refractivity contribution < 1.29 is 19.0 Å². The minimum Gasteiger partial charge on any atom is -0.478 e. The average Bonchev–Trinajstić information content (AvgIpc) is 2.37. The van der Waals surface area contributed by atoms with E-state index in [1.165, 1.54) is 6.07 Å². The first-order chi connectivity index (χ1) is 10.1. The fourth-order valence-electron chi connectivity index (χ4n) is 2.82. The van der Waals surface area contributed by atoms with Crippen LogP contribution in [0, 0.1) is 5.82 Å². The summed E-state index contributed by atoms with van der Waals surface area (Å²) in [6.45, 7) is 3.26. The van der Waals surface area contributed by atoms with Gasteiger partial charge in [-0.1, -0.05) is 24.6 Å². The van der Waals surface area contributed by atoms with Crippen molar-refractivity contribution in [2.45, 2.75) is 38.5 Å². The summed E-state index contributed by atoms with van der Waals surface area (Å²) in [6, 6.07) is 3.18. The number of hydrogen-bond acceptors (Lipinski definition) is 2. The Hall–Kier alpha value is -1.68. The van der Waals surface area contributed by atoms with Crippen molar-refractivity contribution in [2.24, 2.45) is 0 Å². The normalized spacial score (nSPS) is 20.2. The van der Waals surface area contributed by atoms with Crippen LogP contribution < -0.4 is 0 Å². The third-order valence-corrected chi connectivity index (χ3v) is 3.88. The van der Waals surface area contributed by atoms with Gasteiger partial charge >= 0.3 is 5.97 Å². The molecule has 114 valence electrons. The Bertz CT molecular complexity index is 529. The first-order valence-electron chi connectivity index (χ1n) is 7.40. The van der Waals surface area contributed by atoms with E-state index in [4.69, 9.17) is 9.84 Å². The maximum Gasteiger partial charge on any atom is 0.339 e. The summed E-state index contributed by atoms with van der Waals surface area (Å²) in [5.74, 6) is -1.66. The Morgan fingerprint density at radius 2 is 2.14 bits per heavy atom. The van der Waals surface area contributed by atoms with E-state index < -0.39 is 11.8 Å². The van der Waals surface area contributed by atoms with Gasteiger partial charge < -0.3 is 9.84 Å². The highest BCUT2D eigenvalue weighted by molar-refractivity contribution is 5.92. The van der Waals surface area contributed by atoms with Crippen LogP contribution in [0.1, 0.15) is 60.0 Å². The van der Waals surface area contributed by atoms with Crippen LogP contribution in [0.3, 0.4) is 0 Å². The highest BCUT2D eigenvalue weighted by Crippen LogP contribution is 2.30. The lowest BCUT2D eigenvalue weighted by Gasteiger charge is -2.21. The van der Waals surface area contributed by atoms with Crippen LogP contribution in [0.25, 0.3) is 6.08 Å². The van der Waals surface area contributed by atoms with E-state index in [9.17, 15) is 9.18 Å². The monoisotopic (exact) mass is 292 g/mol. The molecule has 1 heterocycles. The molecule has 0 spiro atoms. The van der Waals surface area contributed by atoms with Crippen molar-refractivity contribution >= 4 is 12.0 Å². The van der Waals surface area contributed by atoms with Gasteiger partial charge in [0.25, 0.3) is 0 Å². The molecular weight excluding hydrogens is 271 g/mol. The van der Waals surface area contributed by atoms with Crippen LogP contribution >= 0.6 is 0 Å². The largest absolute Gasteiger partial charge is 0.478 e. The zero-order valence-corrected chi connectivity index (χ0v) is 12.3. The minimum absolute atomic E-state index is 0.228. The summed E-state index contributed by atoms with van der Waals surface area (Å²) in [5, 5.41) is 9.16. The molecule has 1 aliphatic heterocycles. The van der Waals surface area contributed by atoms with Crippen molar-refractivity contribution in [1.29, 1.82) is 0 Å². The molecule has 0 aromatic heterocycles. The van der Waals surface area contributed by atoms with Crippen molar-refractivity contribution in [3.63, 3.8) is 0 Å². The first-order valence-corrected chi connectivity index (χ1v) is 7.40. The van der Waals surface area contributed by atoms with Gasteiger partial charge in [0.05, 0.1) is 0 Å². The quantitative estimate of drug-likeness (QED) is 0.906. The third-order valence-electron chi connectivity index (χ3n) is 3.88. The van der Waals surface area contributed by atoms with E-state index in [2.05, 4.69) is 0 Å². The van der Waals surface area contributed by atoms with Crippen LogP contribution in [0.5, 0.6) is 0 Å².